The molecule has 3 atom stereocenters. The van der Waals surface area contributed by atoms with Crippen LogP contribution < -0.4 is 10.6 Å². The summed E-state index contributed by atoms with van der Waals surface area (Å²) in [5.74, 6) is 0. The van der Waals surface area contributed by atoms with Crippen LogP contribution >= 0.6 is 0 Å². The molecule has 5 heteroatoms. The van der Waals surface area contributed by atoms with Gasteiger partial charge in [0.2, 0.25) is 0 Å². The van der Waals surface area contributed by atoms with Crippen LogP contribution in [-0.4, -0.2) is 43.5 Å². The lowest BCUT2D eigenvalue weighted by Crippen LogP contribution is -2.47. The highest BCUT2D eigenvalue weighted by Gasteiger charge is 2.25. The van der Waals surface area contributed by atoms with E-state index in [9.17, 15) is 4.79 Å². The SMILES string of the molecule is C[C@@H]1CC(NC(=O)NCCC[C@H]2CCCCO2)C[C@@H](C)O1. The van der Waals surface area contributed by atoms with E-state index < -0.39 is 0 Å². The van der Waals surface area contributed by atoms with Crippen LogP contribution in [0.25, 0.3) is 0 Å². The second-order valence-electron chi connectivity index (χ2n) is 6.46. The van der Waals surface area contributed by atoms with Gasteiger partial charge in [-0.3, -0.25) is 0 Å². The maximum atomic E-state index is 11.9. The van der Waals surface area contributed by atoms with Crippen molar-refractivity contribution in [1.29, 1.82) is 0 Å². The minimum absolute atomic E-state index is 0.0501. The Balaban J connectivity index is 1.54. The van der Waals surface area contributed by atoms with Crippen molar-refractivity contribution in [3.05, 3.63) is 0 Å². The molecule has 0 saturated carbocycles. The molecule has 21 heavy (non-hydrogen) atoms. The normalized spacial score (nSPS) is 33.4. The predicted molar refractivity (Wildman–Crippen MR) is 82.4 cm³/mol. The van der Waals surface area contributed by atoms with Crippen LogP contribution in [0.3, 0.4) is 0 Å². The average Bonchev–Trinajstić information content (AvgIpc) is 2.43. The van der Waals surface area contributed by atoms with Crippen LogP contribution in [0.15, 0.2) is 0 Å². The van der Waals surface area contributed by atoms with Gasteiger partial charge in [-0.15, -0.1) is 0 Å². The minimum atomic E-state index is -0.0501. The summed E-state index contributed by atoms with van der Waals surface area (Å²) in [4.78, 5) is 11.9. The predicted octanol–water partition coefficient (Wildman–Crippen LogP) is 2.59. The number of carbonyl (C=O) groups excluding carboxylic acids is 1. The van der Waals surface area contributed by atoms with Crippen molar-refractivity contribution in [3.8, 4) is 0 Å². The number of hydrogen-bond acceptors (Lipinski definition) is 3. The lowest BCUT2D eigenvalue weighted by molar-refractivity contribution is -0.0402. The molecular formula is C16H30N2O3. The fourth-order valence-electron chi connectivity index (χ4n) is 3.33. The van der Waals surface area contributed by atoms with Crippen molar-refractivity contribution in [2.75, 3.05) is 13.2 Å². The molecule has 2 saturated heterocycles. The molecule has 2 aliphatic rings. The van der Waals surface area contributed by atoms with Crippen LogP contribution in [0.4, 0.5) is 4.79 Å². The Morgan fingerprint density at radius 1 is 1.19 bits per heavy atom. The lowest BCUT2D eigenvalue weighted by atomic mass is 10.0. The van der Waals surface area contributed by atoms with Gasteiger partial charge in [0, 0.05) is 19.2 Å². The van der Waals surface area contributed by atoms with Crippen LogP contribution in [0, 0.1) is 0 Å². The first-order valence-corrected chi connectivity index (χ1v) is 8.45. The number of hydrogen-bond donors (Lipinski definition) is 2. The van der Waals surface area contributed by atoms with E-state index in [-0.39, 0.29) is 24.3 Å². The lowest BCUT2D eigenvalue weighted by Gasteiger charge is -2.32. The van der Waals surface area contributed by atoms with E-state index in [1.165, 1.54) is 19.3 Å². The monoisotopic (exact) mass is 298 g/mol. The van der Waals surface area contributed by atoms with Gasteiger partial charge in [0.15, 0.2) is 0 Å². The van der Waals surface area contributed by atoms with Crippen molar-refractivity contribution >= 4 is 6.03 Å². The zero-order valence-electron chi connectivity index (χ0n) is 13.4. The second kappa shape index (κ2) is 8.59. The first-order chi connectivity index (χ1) is 10.1. The molecule has 2 N–H and O–H groups in total. The third kappa shape index (κ3) is 6.22. The third-order valence-corrected chi connectivity index (χ3v) is 4.30. The molecule has 122 valence electrons. The molecule has 0 bridgehead atoms. The summed E-state index contributed by atoms with van der Waals surface area (Å²) >= 11 is 0. The average molecular weight is 298 g/mol. The van der Waals surface area contributed by atoms with Crippen molar-refractivity contribution in [2.24, 2.45) is 0 Å². The zero-order chi connectivity index (χ0) is 15.1. The Hall–Kier alpha value is -0.810. The molecule has 0 unspecified atom stereocenters. The summed E-state index contributed by atoms with van der Waals surface area (Å²) in [6, 6.07) is 0.177. The summed E-state index contributed by atoms with van der Waals surface area (Å²) < 4.78 is 11.4. The molecule has 2 rings (SSSR count). The molecule has 5 nitrogen and oxygen atoms in total. The summed E-state index contributed by atoms with van der Waals surface area (Å²) in [6.45, 7) is 5.75. The molecule has 2 fully saturated rings. The number of ether oxygens (including phenoxy) is 2. The van der Waals surface area contributed by atoms with Crippen molar-refractivity contribution in [3.63, 3.8) is 0 Å². The molecule has 0 aromatic heterocycles. The van der Waals surface area contributed by atoms with Gasteiger partial charge in [0.1, 0.15) is 0 Å². The molecule has 2 amide bonds. The van der Waals surface area contributed by atoms with Gasteiger partial charge < -0.3 is 20.1 Å². The Bertz CT molecular complexity index is 309. The number of urea groups is 1. The highest BCUT2D eigenvalue weighted by Crippen LogP contribution is 2.19. The molecule has 0 aromatic carbocycles. The molecule has 0 spiro atoms. The standard InChI is InChI=1S/C16H30N2O3/c1-12-10-14(11-13(2)21-12)18-16(19)17-8-5-7-15-6-3-4-9-20-15/h12-15H,3-11H2,1-2H3,(H2,17,18,19)/t12-,13-,15-/m1/s1. The molecule has 0 radical (unpaired) electrons. The minimum Gasteiger partial charge on any atom is -0.378 e. The van der Waals surface area contributed by atoms with Crippen LogP contribution in [0.1, 0.15) is 58.8 Å². The van der Waals surface area contributed by atoms with E-state index in [4.69, 9.17) is 9.47 Å². The Morgan fingerprint density at radius 2 is 1.95 bits per heavy atom. The van der Waals surface area contributed by atoms with E-state index in [1.807, 2.05) is 0 Å². The number of amides is 2. The van der Waals surface area contributed by atoms with Gasteiger partial charge in [0.05, 0.1) is 18.3 Å². The van der Waals surface area contributed by atoms with Gasteiger partial charge in [-0.05, 0) is 58.8 Å². The van der Waals surface area contributed by atoms with E-state index >= 15 is 0 Å². The summed E-state index contributed by atoms with van der Waals surface area (Å²) in [6.07, 6.45) is 8.32. The first kappa shape index (κ1) is 16.6. The van der Waals surface area contributed by atoms with Gasteiger partial charge in [-0.25, -0.2) is 4.79 Å². The quantitative estimate of drug-likeness (QED) is 0.767. The zero-order valence-corrected chi connectivity index (χ0v) is 13.4. The topological polar surface area (TPSA) is 59.6 Å². The van der Waals surface area contributed by atoms with Crippen molar-refractivity contribution < 1.29 is 14.3 Å². The first-order valence-electron chi connectivity index (χ1n) is 8.45. The van der Waals surface area contributed by atoms with E-state index in [0.29, 0.717) is 6.10 Å². The Labute approximate surface area is 128 Å². The number of nitrogens with one attached hydrogen (secondary N) is 2. The fourth-order valence-corrected chi connectivity index (χ4v) is 3.33. The second-order valence-corrected chi connectivity index (χ2v) is 6.46. The maximum absolute atomic E-state index is 11.9. The van der Waals surface area contributed by atoms with Crippen molar-refractivity contribution in [1.82, 2.24) is 10.6 Å². The van der Waals surface area contributed by atoms with Gasteiger partial charge in [-0.2, -0.15) is 0 Å². The summed E-state index contributed by atoms with van der Waals surface area (Å²) in [5, 5.41) is 6.01. The fraction of sp³-hybridized carbons (Fsp3) is 0.938. The van der Waals surface area contributed by atoms with E-state index in [0.717, 1.165) is 38.8 Å². The van der Waals surface area contributed by atoms with Crippen LogP contribution in [-0.2, 0) is 9.47 Å². The van der Waals surface area contributed by atoms with E-state index in [1.54, 1.807) is 0 Å². The number of rotatable bonds is 5. The largest absolute Gasteiger partial charge is 0.378 e. The Morgan fingerprint density at radius 3 is 2.62 bits per heavy atom. The number of carbonyl (C=O) groups is 1. The van der Waals surface area contributed by atoms with Gasteiger partial charge in [-0.1, -0.05) is 0 Å². The van der Waals surface area contributed by atoms with Crippen LogP contribution in [0.5, 0.6) is 0 Å². The maximum Gasteiger partial charge on any atom is 0.315 e. The van der Waals surface area contributed by atoms with Gasteiger partial charge >= 0.3 is 6.03 Å². The summed E-state index contributed by atoms with van der Waals surface area (Å²) in [5.41, 5.74) is 0. The van der Waals surface area contributed by atoms with Crippen LogP contribution in [0.2, 0.25) is 0 Å². The highest BCUT2D eigenvalue weighted by atomic mass is 16.5. The molecule has 0 aliphatic carbocycles. The molecule has 0 aromatic rings. The molecule has 2 heterocycles. The molecular weight excluding hydrogens is 268 g/mol. The molecule has 2 aliphatic heterocycles. The smallest absolute Gasteiger partial charge is 0.315 e. The Kier molecular flexibility index (Phi) is 6.77. The third-order valence-electron chi connectivity index (χ3n) is 4.30. The van der Waals surface area contributed by atoms with E-state index in [2.05, 4.69) is 24.5 Å². The van der Waals surface area contributed by atoms with Gasteiger partial charge in [0.25, 0.3) is 0 Å². The van der Waals surface area contributed by atoms with Crippen molar-refractivity contribution in [2.45, 2.75) is 83.1 Å². The highest BCUT2D eigenvalue weighted by molar-refractivity contribution is 5.74. The summed E-state index contributed by atoms with van der Waals surface area (Å²) in [7, 11) is 0.